The maximum atomic E-state index is 11.8. The summed E-state index contributed by atoms with van der Waals surface area (Å²) >= 11 is 0. The molecule has 7 heteroatoms. The largest absolute Gasteiger partial charge is 0.491 e. The van der Waals surface area contributed by atoms with Crippen LogP contribution in [-0.4, -0.2) is 43.0 Å². The number of aromatic amines is 1. The maximum Gasteiger partial charge on any atom is 0.411 e. The molecule has 148 valence electrons. The molecule has 0 atom stereocenters. The number of methoxy groups -OCH3 is 1. The molecule has 28 heavy (non-hydrogen) atoms. The van der Waals surface area contributed by atoms with Gasteiger partial charge in [0.2, 0.25) is 0 Å². The van der Waals surface area contributed by atoms with E-state index in [2.05, 4.69) is 15.3 Å². The fourth-order valence-corrected chi connectivity index (χ4v) is 2.61. The van der Waals surface area contributed by atoms with Crippen LogP contribution in [0, 0.1) is 5.92 Å². The fourth-order valence-electron chi connectivity index (χ4n) is 2.61. The van der Waals surface area contributed by atoms with Crippen molar-refractivity contribution in [2.75, 3.05) is 32.2 Å². The number of nitrogens with one attached hydrogen (secondary N) is 2. The standard InChI is InChI=1S/C21H25N3O4/c1-14(2)13-28-21(25)23-17-10-16-11-19(24-20(16)22-12-17)15-4-6-18(7-5-15)27-9-8-26-3/h4-7,10-12,14H,8-9,13H2,1-3H3,(H,22,24)(H,23,25). The number of nitrogens with zero attached hydrogens (tertiary/aromatic N) is 1. The molecule has 3 aromatic rings. The molecule has 0 aliphatic carbocycles. The summed E-state index contributed by atoms with van der Waals surface area (Å²) in [6.45, 7) is 5.42. The van der Waals surface area contributed by atoms with Crippen LogP contribution in [0.4, 0.5) is 10.5 Å². The molecule has 0 saturated heterocycles. The van der Waals surface area contributed by atoms with Crippen molar-refractivity contribution in [3.63, 3.8) is 0 Å². The lowest BCUT2D eigenvalue weighted by Gasteiger charge is -2.08. The highest BCUT2D eigenvalue weighted by molar-refractivity contribution is 5.90. The first-order valence-corrected chi connectivity index (χ1v) is 9.20. The minimum Gasteiger partial charge on any atom is -0.491 e. The monoisotopic (exact) mass is 383 g/mol. The van der Waals surface area contributed by atoms with Gasteiger partial charge in [-0.05, 0) is 47.9 Å². The lowest BCUT2D eigenvalue weighted by molar-refractivity contribution is 0.146. The maximum absolute atomic E-state index is 11.8. The first-order valence-electron chi connectivity index (χ1n) is 9.20. The Bertz CT molecular complexity index is 919. The lowest BCUT2D eigenvalue weighted by Crippen LogP contribution is -2.16. The number of carbonyl (C=O) groups is 1. The second kappa shape index (κ2) is 9.23. The van der Waals surface area contributed by atoms with Crippen LogP contribution >= 0.6 is 0 Å². The van der Waals surface area contributed by atoms with E-state index in [0.717, 1.165) is 28.0 Å². The summed E-state index contributed by atoms with van der Waals surface area (Å²) in [4.78, 5) is 19.5. The summed E-state index contributed by atoms with van der Waals surface area (Å²) in [7, 11) is 1.64. The molecule has 1 aromatic carbocycles. The predicted octanol–water partition coefficient (Wildman–Crippen LogP) is 4.46. The highest BCUT2D eigenvalue weighted by atomic mass is 16.5. The zero-order valence-electron chi connectivity index (χ0n) is 16.3. The first-order chi connectivity index (χ1) is 13.5. The van der Waals surface area contributed by atoms with Crippen LogP contribution in [0.25, 0.3) is 22.3 Å². The molecule has 0 unspecified atom stereocenters. The van der Waals surface area contributed by atoms with E-state index in [1.807, 2.05) is 50.2 Å². The Morgan fingerprint density at radius 3 is 2.68 bits per heavy atom. The van der Waals surface area contributed by atoms with Crippen molar-refractivity contribution in [3.8, 4) is 17.0 Å². The minimum atomic E-state index is -0.477. The molecule has 0 aliphatic heterocycles. The van der Waals surface area contributed by atoms with Crippen LogP contribution in [-0.2, 0) is 9.47 Å². The zero-order valence-corrected chi connectivity index (χ0v) is 16.3. The van der Waals surface area contributed by atoms with Gasteiger partial charge in [-0.25, -0.2) is 9.78 Å². The van der Waals surface area contributed by atoms with Crippen molar-refractivity contribution < 1.29 is 19.0 Å². The normalized spacial score (nSPS) is 11.0. The van der Waals surface area contributed by atoms with Gasteiger partial charge >= 0.3 is 6.09 Å². The van der Waals surface area contributed by atoms with Gasteiger partial charge in [-0.1, -0.05) is 13.8 Å². The van der Waals surface area contributed by atoms with Gasteiger partial charge in [-0.15, -0.1) is 0 Å². The summed E-state index contributed by atoms with van der Waals surface area (Å²) < 4.78 is 15.7. The molecule has 0 bridgehead atoms. The number of hydrogen-bond acceptors (Lipinski definition) is 5. The lowest BCUT2D eigenvalue weighted by atomic mass is 10.1. The number of anilines is 1. The Morgan fingerprint density at radius 1 is 1.18 bits per heavy atom. The van der Waals surface area contributed by atoms with E-state index in [9.17, 15) is 4.79 Å². The molecule has 7 nitrogen and oxygen atoms in total. The third-order valence-corrected chi connectivity index (χ3v) is 3.99. The Kier molecular flexibility index (Phi) is 6.49. The fraction of sp³-hybridized carbons (Fsp3) is 0.333. The van der Waals surface area contributed by atoms with Gasteiger partial charge in [-0.3, -0.25) is 5.32 Å². The van der Waals surface area contributed by atoms with Gasteiger partial charge in [0.25, 0.3) is 0 Å². The van der Waals surface area contributed by atoms with Crippen molar-refractivity contribution >= 4 is 22.8 Å². The van der Waals surface area contributed by atoms with Gasteiger partial charge < -0.3 is 19.2 Å². The second-order valence-corrected chi connectivity index (χ2v) is 6.83. The summed E-state index contributed by atoms with van der Waals surface area (Å²) in [5.74, 6) is 1.08. The smallest absolute Gasteiger partial charge is 0.411 e. The Balaban J connectivity index is 1.69. The molecule has 0 spiro atoms. The van der Waals surface area contributed by atoms with Crippen LogP contribution < -0.4 is 10.1 Å². The third-order valence-electron chi connectivity index (χ3n) is 3.99. The molecular formula is C21H25N3O4. The number of ether oxygens (including phenoxy) is 3. The van der Waals surface area contributed by atoms with Gasteiger partial charge in [0, 0.05) is 18.2 Å². The van der Waals surface area contributed by atoms with Crippen molar-refractivity contribution in [1.82, 2.24) is 9.97 Å². The van der Waals surface area contributed by atoms with E-state index in [-0.39, 0.29) is 5.92 Å². The van der Waals surface area contributed by atoms with Gasteiger partial charge in [0.05, 0.1) is 25.1 Å². The molecule has 2 N–H and O–H groups in total. The Labute approximate surface area is 164 Å². The number of H-pyrrole nitrogens is 1. The average molecular weight is 383 g/mol. The number of carbonyl (C=O) groups excluding carboxylic acids is 1. The summed E-state index contributed by atoms with van der Waals surface area (Å²) in [6.07, 6.45) is 1.13. The first kappa shape index (κ1) is 19.7. The van der Waals surface area contributed by atoms with Crippen molar-refractivity contribution in [1.29, 1.82) is 0 Å². The van der Waals surface area contributed by atoms with Gasteiger partial charge in [0.15, 0.2) is 0 Å². The second-order valence-electron chi connectivity index (χ2n) is 6.83. The molecule has 2 heterocycles. The van der Waals surface area contributed by atoms with E-state index >= 15 is 0 Å². The number of fused-ring (bicyclic) bond motifs is 1. The minimum absolute atomic E-state index is 0.287. The van der Waals surface area contributed by atoms with Crippen LogP contribution in [0.1, 0.15) is 13.8 Å². The van der Waals surface area contributed by atoms with E-state index in [1.54, 1.807) is 13.3 Å². The number of hydrogen-bond donors (Lipinski definition) is 2. The van der Waals surface area contributed by atoms with E-state index in [1.165, 1.54) is 0 Å². The number of benzene rings is 1. The third kappa shape index (κ3) is 5.23. The predicted molar refractivity (Wildman–Crippen MR) is 109 cm³/mol. The number of rotatable bonds is 8. The van der Waals surface area contributed by atoms with E-state index < -0.39 is 6.09 Å². The van der Waals surface area contributed by atoms with Crippen LogP contribution in [0.5, 0.6) is 5.75 Å². The zero-order chi connectivity index (χ0) is 19.9. The van der Waals surface area contributed by atoms with Crippen LogP contribution in [0.15, 0.2) is 42.6 Å². The highest BCUT2D eigenvalue weighted by Crippen LogP contribution is 2.26. The van der Waals surface area contributed by atoms with E-state index in [0.29, 0.717) is 25.5 Å². The van der Waals surface area contributed by atoms with Crippen LogP contribution in [0.3, 0.4) is 0 Å². The van der Waals surface area contributed by atoms with Crippen LogP contribution in [0.2, 0.25) is 0 Å². The summed E-state index contributed by atoms with van der Waals surface area (Å²) in [5.41, 5.74) is 3.29. The quantitative estimate of drug-likeness (QED) is 0.561. The number of pyridine rings is 1. The molecule has 0 aliphatic rings. The molecule has 3 rings (SSSR count). The summed E-state index contributed by atoms with van der Waals surface area (Å²) in [6, 6.07) is 11.7. The highest BCUT2D eigenvalue weighted by Gasteiger charge is 2.09. The number of amides is 1. The molecule has 2 aromatic heterocycles. The van der Waals surface area contributed by atoms with Crippen molar-refractivity contribution in [2.24, 2.45) is 5.92 Å². The van der Waals surface area contributed by atoms with Gasteiger partial charge in [-0.2, -0.15) is 0 Å². The Hall–Kier alpha value is -3.06. The molecule has 0 fully saturated rings. The Morgan fingerprint density at radius 2 is 1.96 bits per heavy atom. The molecular weight excluding hydrogens is 358 g/mol. The summed E-state index contributed by atoms with van der Waals surface area (Å²) in [5, 5.41) is 3.61. The number of aromatic nitrogens is 2. The topological polar surface area (TPSA) is 85.5 Å². The molecule has 0 radical (unpaired) electrons. The van der Waals surface area contributed by atoms with Gasteiger partial charge in [0.1, 0.15) is 18.0 Å². The van der Waals surface area contributed by atoms with Crippen molar-refractivity contribution in [3.05, 3.63) is 42.6 Å². The van der Waals surface area contributed by atoms with Crippen molar-refractivity contribution in [2.45, 2.75) is 13.8 Å². The molecule has 1 amide bonds. The van der Waals surface area contributed by atoms with E-state index in [4.69, 9.17) is 14.2 Å². The average Bonchev–Trinajstić information content (AvgIpc) is 3.10. The SMILES string of the molecule is COCCOc1ccc(-c2cc3cc(NC(=O)OCC(C)C)cnc3[nH]2)cc1. The molecule has 0 saturated carbocycles.